The predicted molar refractivity (Wildman–Crippen MR) is 127 cm³/mol. The Labute approximate surface area is 201 Å². The number of hydrogen-bond donors (Lipinski definition) is 1. The van der Waals surface area contributed by atoms with E-state index < -0.39 is 17.6 Å². The van der Waals surface area contributed by atoms with E-state index in [2.05, 4.69) is 4.98 Å². The lowest BCUT2D eigenvalue weighted by molar-refractivity contribution is -0.138. The highest BCUT2D eigenvalue weighted by molar-refractivity contribution is 5.96. The van der Waals surface area contributed by atoms with E-state index in [4.69, 9.17) is 5.73 Å². The van der Waals surface area contributed by atoms with E-state index in [1.54, 1.807) is 11.1 Å². The van der Waals surface area contributed by atoms with Gasteiger partial charge >= 0.3 is 6.18 Å². The van der Waals surface area contributed by atoms with Crippen molar-refractivity contribution in [2.24, 2.45) is 5.73 Å². The summed E-state index contributed by atoms with van der Waals surface area (Å²) < 4.78 is 39.4. The number of likely N-dealkylation sites (tertiary alicyclic amines) is 1. The minimum Gasteiger partial charge on any atom is -0.369 e. The molecule has 9 heteroatoms. The SMILES string of the molecule is NC(=O)CC(=O)N1CCC(N(c2ccc(C(F)(F)F)cc2)c2ccc(-c3ccccc3)nc2)CC1. The Bertz CT molecular complexity index is 1160. The van der Waals surface area contributed by atoms with Crippen LogP contribution >= 0.6 is 0 Å². The molecule has 35 heavy (non-hydrogen) atoms. The third kappa shape index (κ3) is 5.79. The van der Waals surface area contributed by atoms with Crippen molar-refractivity contribution in [3.8, 4) is 11.3 Å². The zero-order chi connectivity index (χ0) is 25.0. The number of benzene rings is 2. The number of anilines is 2. The minimum atomic E-state index is -4.42. The maximum absolute atomic E-state index is 13.1. The zero-order valence-electron chi connectivity index (χ0n) is 18.9. The van der Waals surface area contributed by atoms with Crippen LogP contribution in [0.1, 0.15) is 24.8 Å². The number of nitrogens with two attached hydrogens (primary N) is 1. The first-order chi connectivity index (χ1) is 16.7. The molecular formula is C26H25F3N4O2. The van der Waals surface area contributed by atoms with Gasteiger partial charge in [-0.1, -0.05) is 30.3 Å². The van der Waals surface area contributed by atoms with Crippen LogP contribution in [-0.4, -0.2) is 40.8 Å². The molecule has 0 radical (unpaired) electrons. The standard InChI is InChI=1S/C26H25F3N4O2/c27-26(28,29)19-6-8-20(9-7-19)33(21-12-14-32(15-13-21)25(35)16-24(30)34)22-10-11-23(31-17-22)18-4-2-1-3-5-18/h1-11,17,21H,12-16H2,(H2,30,34). The molecule has 0 spiro atoms. The Morgan fingerprint density at radius 3 is 2.11 bits per heavy atom. The molecule has 0 saturated carbocycles. The molecule has 0 aliphatic carbocycles. The zero-order valence-corrected chi connectivity index (χ0v) is 18.9. The highest BCUT2D eigenvalue weighted by Crippen LogP contribution is 2.35. The second-order valence-electron chi connectivity index (χ2n) is 8.44. The van der Waals surface area contributed by atoms with Gasteiger partial charge in [-0.2, -0.15) is 13.2 Å². The molecule has 182 valence electrons. The van der Waals surface area contributed by atoms with Crippen molar-refractivity contribution < 1.29 is 22.8 Å². The molecule has 2 amide bonds. The van der Waals surface area contributed by atoms with Crippen molar-refractivity contribution in [2.45, 2.75) is 31.5 Å². The van der Waals surface area contributed by atoms with Crippen molar-refractivity contribution in [2.75, 3.05) is 18.0 Å². The Balaban J connectivity index is 1.61. The van der Waals surface area contributed by atoms with E-state index in [-0.39, 0.29) is 18.4 Å². The second-order valence-corrected chi connectivity index (χ2v) is 8.44. The van der Waals surface area contributed by atoms with Crippen LogP contribution in [0.2, 0.25) is 0 Å². The molecule has 1 aliphatic heterocycles. The number of nitrogens with zero attached hydrogens (tertiary/aromatic N) is 3. The van der Waals surface area contributed by atoms with Gasteiger partial charge in [0.1, 0.15) is 6.42 Å². The Kier molecular flexibility index (Phi) is 7.04. The number of aromatic nitrogens is 1. The fraction of sp³-hybridized carbons (Fsp3) is 0.269. The Hall–Kier alpha value is -3.88. The molecule has 4 rings (SSSR count). The third-order valence-electron chi connectivity index (χ3n) is 6.08. The summed E-state index contributed by atoms with van der Waals surface area (Å²) in [4.78, 5) is 31.5. The quantitative estimate of drug-likeness (QED) is 0.514. The smallest absolute Gasteiger partial charge is 0.369 e. The minimum absolute atomic E-state index is 0.0752. The van der Waals surface area contributed by atoms with Gasteiger partial charge in [-0.25, -0.2) is 0 Å². The molecule has 0 atom stereocenters. The molecule has 2 heterocycles. The van der Waals surface area contributed by atoms with E-state index in [9.17, 15) is 22.8 Å². The number of carbonyl (C=O) groups excluding carboxylic acids is 2. The van der Waals surface area contributed by atoms with Crippen molar-refractivity contribution in [3.63, 3.8) is 0 Å². The number of rotatable bonds is 6. The van der Waals surface area contributed by atoms with Crippen LogP contribution in [0.4, 0.5) is 24.5 Å². The van der Waals surface area contributed by atoms with E-state index in [0.29, 0.717) is 31.6 Å². The second kappa shape index (κ2) is 10.2. The maximum Gasteiger partial charge on any atom is 0.416 e. The van der Waals surface area contributed by atoms with Crippen LogP contribution < -0.4 is 10.6 Å². The van der Waals surface area contributed by atoms with Gasteiger partial charge < -0.3 is 15.5 Å². The molecule has 0 unspecified atom stereocenters. The van der Waals surface area contributed by atoms with Crippen molar-refractivity contribution in [1.29, 1.82) is 0 Å². The molecule has 2 N–H and O–H groups in total. The fourth-order valence-electron chi connectivity index (χ4n) is 4.32. The fourth-order valence-corrected chi connectivity index (χ4v) is 4.32. The number of hydrogen-bond acceptors (Lipinski definition) is 4. The van der Waals surface area contributed by atoms with E-state index >= 15 is 0 Å². The first kappa shape index (κ1) is 24.3. The Morgan fingerprint density at radius 2 is 1.57 bits per heavy atom. The molecule has 1 fully saturated rings. The monoisotopic (exact) mass is 482 g/mol. The van der Waals surface area contributed by atoms with Gasteiger partial charge in [0, 0.05) is 30.4 Å². The number of amides is 2. The molecular weight excluding hydrogens is 457 g/mol. The number of piperidine rings is 1. The lowest BCUT2D eigenvalue weighted by Gasteiger charge is -2.39. The van der Waals surface area contributed by atoms with Crippen LogP contribution in [0.3, 0.4) is 0 Å². The van der Waals surface area contributed by atoms with Gasteiger partial charge in [0.2, 0.25) is 11.8 Å². The van der Waals surface area contributed by atoms with Crippen LogP contribution in [0.25, 0.3) is 11.3 Å². The highest BCUT2D eigenvalue weighted by Gasteiger charge is 2.32. The van der Waals surface area contributed by atoms with E-state index in [1.165, 1.54) is 12.1 Å². The van der Waals surface area contributed by atoms with E-state index in [1.807, 2.05) is 47.4 Å². The summed E-state index contributed by atoms with van der Waals surface area (Å²) in [7, 11) is 0. The van der Waals surface area contributed by atoms with Gasteiger partial charge in [0.05, 0.1) is 23.1 Å². The topological polar surface area (TPSA) is 79.5 Å². The summed E-state index contributed by atoms with van der Waals surface area (Å²) in [6, 6.07) is 18.4. The number of carbonyl (C=O) groups is 2. The molecule has 1 saturated heterocycles. The summed E-state index contributed by atoms with van der Waals surface area (Å²) in [6.45, 7) is 0.840. The molecule has 6 nitrogen and oxygen atoms in total. The van der Waals surface area contributed by atoms with Crippen LogP contribution in [0, 0.1) is 0 Å². The summed E-state index contributed by atoms with van der Waals surface area (Å²) in [5.41, 5.74) is 7.52. The summed E-state index contributed by atoms with van der Waals surface area (Å²) in [5.74, 6) is -0.987. The molecule has 1 aromatic heterocycles. The lowest BCUT2D eigenvalue weighted by atomic mass is 10.0. The predicted octanol–water partition coefficient (Wildman–Crippen LogP) is 4.77. The normalized spacial score (nSPS) is 14.5. The first-order valence-electron chi connectivity index (χ1n) is 11.3. The lowest BCUT2D eigenvalue weighted by Crippen LogP contribution is -2.46. The number of halogens is 3. The molecule has 3 aromatic rings. The average molecular weight is 483 g/mol. The molecule has 1 aliphatic rings. The summed E-state index contributed by atoms with van der Waals surface area (Å²) in [6.07, 6.45) is -1.89. The van der Waals surface area contributed by atoms with Gasteiger partial charge in [0.25, 0.3) is 0 Å². The van der Waals surface area contributed by atoms with Gasteiger partial charge in [0.15, 0.2) is 0 Å². The number of pyridine rings is 1. The molecule has 2 aromatic carbocycles. The number of alkyl halides is 3. The number of primary amides is 1. The van der Waals surface area contributed by atoms with E-state index in [0.717, 1.165) is 29.1 Å². The van der Waals surface area contributed by atoms with Gasteiger partial charge in [-0.3, -0.25) is 14.6 Å². The largest absolute Gasteiger partial charge is 0.416 e. The third-order valence-corrected chi connectivity index (χ3v) is 6.08. The van der Waals surface area contributed by atoms with Crippen molar-refractivity contribution in [1.82, 2.24) is 9.88 Å². The van der Waals surface area contributed by atoms with Crippen LogP contribution in [-0.2, 0) is 15.8 Å². The summed E-state index contributed by atoms with van der Waals surface area (Å²) in [5, 5.41) is 0. The maximum atomic E-state index is 13.1. The van der Waals surface area contributed by atoms with Crippen molar-refractivity contribution in [3.05, 3.63) is 78.5 Å². The Morgan fingerprint density at radius 1 is 0.943 bits per heavy atom. The summed E-state index contributed by atoms with van der Waals surface area (Å²) >= 11 is 0. The van der Waals surface area contributed by atoms with Crippen LogP contribution in [0.5, 0.6) is 0 Å². The molecule has 0 bridgehead atoms. The highest BCUT2D eigenvalue weighted by atomic mass is 19.4. The first-order valence-corrected chi connectivity index (χ1v) is 11.3. The van der Waals surface area contributed by atoms with Crippen LogP contribution in [0.15, 0.2) is 72.9 Å². The van der Waals surface area contributed by atoms with Gasteiger partial charge in [-0.15, -0.1) is 0 Å². The van der Waals surface area contributed by atoms with Gasteiger partial charge in [-0.05, 0) is 49.2 Å². The van der Waals surface area contributed by atoms with Crippen molar-refractivity contribution >= 4 is 23.2 Å². The average Bonchev–Trinajstić information content (AvgIpc) is 2.85.